The highest BCUT2D eigenvalue weighted by Crippen LogP contribution is 2.22. The number of hydrogen-bond acceptors (Lipinski definition) is 3. The van der Waals surface area contributed by atoms with Gasteiger partial charge >= 0.3 is 0 Å². The first-order valence-electron chi connectivity index (χ1n) is 4.97. The van der Waals surface area contributed by atoms with Gasteiger partial charge in [0.15, 0.2) is 0 Å². The van der Waals surface area contributed by atoms with Gasteiger partial charge in [-0.25, -0.2) is 0 Å². The lowest BCUT2D eigenvalue weighted by Crippen LogP contribution is -2.05. The highest BCUT2D eigenvalue weighted by Gasteiger charge is 2.02. The van der Waals surface area contributed by atoms with Crippen LogP contribution in [0.1, 0.15) is 12.5 Å². The van der Waals surface area contributed by atoms with Crippen molar-refractivity contribution in [2.24, 2.45) is 5.73 Å². The van der Waals surface area contributed by atoms with E-state index in [0.717, 1.165) is 33.9 Å². The topological polar surface area (TPSA) is 35.2 Å². The molecule has 0 atom stereocenters. The zero-order valence-electron chi connectivity index (χ0n) is 8.83. The van der Waals surface area contributed by atoms with E-state index in [-0.39, 0.29) is 0 Å². The van der Waals surface area contributed by atoms with Gasteiger partial charge in [-0.1, -0.05) is 22.9 Å². The average Bonchev–Trinajstić information content (AvgIpc) is 2.26. The van der Waals surface area contributed by atoms with E-state index in [1.807, 2.05) is 30.0 Å². The quantitative estimate of drug-likeness (QED) is 0.818. The summed E-state index contributed by atoms with van der Waals surface area (Å²) < 4.78 is 6.70. The van der Waals surface area contributed by atoms with Gasteiger partial charge in [-0.2, -0.15) is 11.8 Å². The number of hydrogen-bond donors (Lipinski definition) is 1. The predicted octanol–water partition coefficient (Wildman–Crippen LogP) is 3.04. The minimum absolute atomic E-state index is 0.510. The smallest absolute Gasteiger partial charge is 0.123 e. The van der Waals surface area contributed by atoms with E-state index in [1.54, 1.807) is 0 Å². The summed E-state index contributed by atoms with van der Waals surface area (Å²) in [6, 6.07) is 5.94. The minimum atomic E-state index is 0.510. The van der Waals surface area contributed by atoms with E-state index in [4.69, 9.17) is 10.5 Å². The van der Waals surface area contributed by atoms with Crippen molar-refractivity contribution >= 4 is 27.7 Å². The monoisotopic (exact) mass is 289 g/mol. The standard InChI is InChI=1S/C11H16BrNOS/c1-2-15-6-5-14-11-4-3-10(12)7-9(11)8-13/h3-4,7H,2,5-6,8,13H2,1H3. The maximum Gasteiger partial charge on any atom is 0.123 e. The second-order valence-electron chi connectivity index (χ2n) is 3.00. The number of halogens is 1. The molecule has 0 fully saturated rings. The molecule has 0 aromatic heterocycles. The first kappa shape index (κ1) is 12.9. The predicted molar refractivity (Wildman–Crippen MR) is 70.5 cm³/mol. The van der Waals surface area contributed by atoms with Crippen LogP contribution >= 0.6 is 27.7 Å². The van der Waals surface area contributed by atoms with Crippen molar-refractivity contribution in [3.8, 4) is 5.75 Å². The van der Waals surface area contributed by atoms with Crippen molar-refractivity contribution in [3.05, 3.63) is 28.2 Å². The first-order chi connectivity index (χ1) is 7.27. The Bertz CT molecular complexity index is 307. The molecule has 1 rings (SSSR count). The summed E-state index contributed by atoms with van der Waals surface area (Å²) in [4.78, 5) is 0. The van der Waals surface area contributed by atoms with E-state index in [9.17, 15) is 0 Å². The Balaban J connectivity index is 2.52. The number of nitrogens with two attached hydrogens (primary N) is 1. The first-order valence-corrected chi connectivity index (χ1v) is 6.91. The highest BCUT2D eigenvalue weighted by atomic mass is 79.9. The molecule has 1 aromatic carbocycles. The molecule has 84 valence electrons. The third-order valence-corrected chi connectivity index (χ3v) is 3.29. The molecular weight excluding hydrogens is 274 g/mol. The molecule has 2 N–H and O–H groups in total. The van der Waals surface area contributed by atoms with Crippen molar-refractivity contribution in [2.75, 3.05) is 18.1 Å². The van der Waals surface area contributed by atoms with Crippen molar-refractivity contribution in [1.29, 1.82) is 0 Å². The van der Waals surface area contributed by atoms with Crippen molar-refractivity contribution in [3.63, 3.8) is 0 Å². The Morgan fingerprint density at radius 2 is 2.27 bits per heavy atom. The molecule has 0 aliphatic carbocycles. The summed E-state index contributed by atoms with van der Waals surface area (Å²) in [5, 5.41) is 0. The second kappa shape index (κ2) is 7.14. The summed E-state index contributed by atoms with van der Waals surface area (Å²) in [6.45, 7) is 3.40. The Morgan fingerprint density at radius 3 is 2.93 bits per heavy atom. The number of thioether (sulfide) groups is 1. The van der Waals surface area contributed by atoms with Gasteiger partial charge in [-0.3, -0.25) is 0 Å². The van der Waals surface area contributed by atoms with Crippen molar-refractivity contribution in [1.82, 2.24) is 0 Å². The van der Waals surface area contributed by atoms with Gasteiger partial charge in [0.2, 0.25) is 0 Å². The lowest BCUT2D eigenvalue weighted by Gasteiger charge is -2.10. The molecule has 0 spiro atoms. The van der Waals surface area contributed by atoms with Gasteiger partial charge in [-0.05, 0) is 24.0 Å². The van der Waals surface area contributed by atoms with Gasteiger partial charge in [0, 0.05) is 22.3 Å². The van der Waals surface area contributed by atoms with E-state index >= 15 is 0 Å². The zero-order chi connectivity index (χ0) is 11.1. The Morgan fingerprint density at radius 1 is 1.47 bits per heavy atom. The lowest BCUT2D eigenvalue weighted by molar-refractivity contribution is 0.340. The molecule has 0 aliphatic heterocycles. The third kappa shape index (κ3) is 4.45. The Labute approximate surface area is 104 Å². The van der Waals surface area contributed by atoms with Crippen molar-refractivity contribution in [2.45, 2.75) is 13.5 Å². The van der Waals surface area contributed by atoms with Crippen LogP contribution in [0.2, 0.25) is 0 Å². The molecule has 0 heterocycles. The van der Waals surface area contributed by atoms with Crippen molar-refractivity contribution < 1.29 is 4.74 Å². The summed E-state index contributed by atoms with van der Waals surface area (Å²) in [5.74, 6) is 3.06. The Kier molecular flexibility index (Phi) is 6.13. The molecule has 1 aromatic rings. The molecule has 0 saturated heterocycles. The third-order valence-electron chi connectivity index (χ3n) is 1.93. The fourth-order valence-corrected chi connectivity index (χ4v) is 2.10. The molecule has 2 nitrogen and oxygen atoms in total. The largest absolute Gasteiger partial charge is 0.492 e. The van der Waals surface area contributed by atoms with Gasteiger partial charge in [-0.15, -0.1) is 0 Å². The molecule has 15 heavy (non-hydrogen) atoms. The molecule has 0 saturated carbocycles. The van der Waals surface area contributed by atoms with Gasteiger partial charge in [0.1, 0.15) is 5.75 Å². The normalized spacial score (nSPS) is 10.3. The summed E-state index contributed by atoms with van der Waals surface area (Å²) in [6.07, 6.45) is 0. The lowest BCUT2D eigenvalue weighted by atomic mass is 10.2. The van der Waals surface area contributed by atoms with Gasteiger partial charge in [0.25, 0.3) is 0 Å². The SMILES string of the molecule is CCSCCOc1ccc(Br)cc1CN. The maximum absolute atomic E-state index is 5.66. The Hall–Kier alpha value is -0.190. The molecule has 0 radical (unpaired) electrons. The summed E-state index contributed by atoms with van der Waals surface area (Å²) >= 11 is 5.29. The van der Waals surface area contributed by atoms with Crippen LogP contribution < -0.4 is 10.5 Å². The van der Waals surface area contributed by atoms with Crippen LogP contribution in [0, 0.1) is 0 Å². The van der Waals surface area contributed by atoms with Gasteiger partial charge < -0.3 is 10.5 Å². The molecule has 0 bridgehead atoms. The van der Waals surface area contributed by atoms with E-state index < -0.39 is 0 Å². The fraction of sp³-hybridized carbons (Fsp3) is 0.455. The zero-order valence-corrected chi connectivity index (χ0v) is 11.2. The molecule has 0 amide bonds. The van der Waals surface area contributed by atoms with Crippen LogP contribution in [-0.2, 0) is 6.54 Å². The minimum Gasteiger partial charge on any atom is -0.492 e. The van der Waals surface area contributed by atoms with Crippen LogP contribution in [-0.4, -0.2) is 18.1 Å². The van der Waals surface area contributed by atoms with Crippen LogP contribution in [0.5, 0.6) is 5.75 Å². The number of benzene rings is 1. The highest BCUT2D eigenvalue weighted by molar-refractivity contribution is 9.10. The molecule has 0 unspecified atom stereocenters. The van der Waals surface area contributed by atoms with Crippen LogP contribution in [0.15, 0.2) is 22.7 Å². The summed E-state index contributed by atoms with van der Waals surface area (Å²) in [5.41, 5.74) is 6.69. The number of rotatable bonds is 6. The second-order valence-corrected chi connectivity index (χ2v) is 5.31. The molecular formula is C11H16BrNOS. The molecule has 4 heteroatoms. The summed E-state index contributed by atoms with van der Waals surface area (Å²) in [7, 11) is 0. The maximum atomic E-state index is 5.66. The van der Waals surface area contributed by atoms with E-state index in [0.29, 0.717) is 6.54 Å². The van der Waals surface area contributed by atoms with Crippen LogP contribution in [0.3, 0.4) is 0 Å². The fourth-order valence-electron chi connectivity index (χ4n) is 1.20. The van der Waals surface area contributed by atoms with E-state index in [1.165, 1.54) is 0 Å². The van der Waals surface area contributed by atoms with Gasteiger partial charge in [0.05, 0.1) is 6.61 Å². The van der Waals surface area contributed by atoms with Crippen LogP contribution in [0.25, 0.3) is 0 Å². The number of ether oxygens (including phenoxy) is 1. The average molecular weight is 290 g/mol. The molecule has 0 aliphatic rings. The van der Waals surface area contributed by atoms with Crippen LogP contribution in [0.4, 0.5) is 0 Å². The van der Waals surface area contributed by atoms with E-state index in [2.05, 4.69) is 22.9 Å².